The van der Waals surface area contributed by atoms with E-state index in [0.717, 1.165) is 49.6 Å². The van der Waals surface area contributed by atoms with Crippen LogP contribution in [0.2, 0.25) is 0 Å². The highest BCUT2D eigenvalue weighted by molar-refractivity contribution is 5.50. The molecule has 2 N–H and O–H groups in total. The summed E-state index contributed by atoms with van der Waals surface area (Å²) in [6.07, 6.45) is 0. The van der Waals surface area contributed by atoms with E-state index in [2.05, 4.69) is 21.2 Å². The summed E-state index contributed by atoms with van der Waals surface area (Å²) in [5, 5.41) is 13.0. The topological polar surface area (TPSA) is 38.7 Å². The molecule has 108 valence electrons. The van der Waals surface area contributed by atoms with E-state index in [0.29, 0.717) is 5.75 Å². The second kappa shape index (κ2) is 4.93. The Hall–Kier alpha value is -1.26. The van der Waals surface area contributed by atoms with Crippen molar-refractivity contribution in [2.24, 2.45) is 17.8 Å². The molecule has 1 aliphatic carbocycles. The Bertz CT molecular complexity index is 474. The lowest BCUT2D eigenvalue weighted by molar-refractivity contribution is 0.237. The highest BCUT2D eigenvalue weighted by Gasteiger charge is 2.52. The number of aromatic hydroxyl groups is 1. The molecule has 0 bridgehead atoms. The van der Waals surface area contributed by atoms with Crippen LogP contribution in [0.25, 0.3) is 0 Å². The van der Waals surface area contributed by atoms with Gasteiger partial charge in [0, 0.05) is 44.5 Å². The molecular weight excluding hydrogens is 250 g/mol. The van der Waals surface area contributed by atoms with E-state index in [4.69, 9.17) is 0 Å². The number of fused-ring (bicyclic) bond motifs is 1. The van der Waals surface area contributed by atoms with Gasteiger partial charge in [-0.05, 0) is 43.0 Å². The molecule has 1 aromatic rings. The molecule has 4 heteroatoms. The third kappa shape index (κ3) is 2.27. The van der Waals surface area contributed by atoms with Gasteiger partial charge >= 0.3 is 0 Å². The Kier molecular flexibility index (Phi) is 3.08. The fraction of sp³-hybridized carbons (Fsp3) is 0.625. The van der Waals surface area contributed by atoms with Crippen molar-refractivity contribution in [2.45, 2.75) is 0 Å². The number of phenols is 1. The number of nitrogens with zero attached hydrogens (tertiary/aromatic N) is 2. The summed E-state index contributed by atoms with van der Waals surface area (Å²) < 4.78 is 0. The fourth-order valence-electron chi connectivity index (χ4n) is 3.99. The molecule has 2 aliphatic heterocycles. The fourth-order valence-corrected chi connectivity index (χ4v) is 3.99. The van der Waals surface area contributed by atoms with Gasteiger partial charge in [-0.15, -0.1) is 0 Å². The predicted octanol–water partition coefficient (Wildman–Crippen LogP) is 0.980. The van der Waals surface area contributed by atoms with Crippen molar-refractivity contribution >= 4 is 5.69 Å². The lowest BCUT2D eigenvalue weighted by Gasteiger charge is -2.36. The van der Waals surface area contributed by atoms with Crippen LogP contribution < -0.4 is 10.2 Å². The molecular formula is C16H23N3O. The van der Waals surface area contributed by atoms with Crippen LogP contribution in [0.5, 0.6) is 5.75 Å². The van der Waals surface area contributed by atoms with Gasteiger partial charge in [0.05, 0.1) is 0 Å². The van der Waals surface area contributed by atoms with Crippen molar-refractivity contribution in [1.29, 1.82) is 0 Å². The van der Waals surface area contributed by atoms with E-state index < -0.39 is 0 Å². The zero-order valence-electron chi connectivity index (χ0n) is 11.8. The van der Waals surface area contributed by atoms with E-state index in [1.165, 1.54) is 19.6 Å². The molecule has 1 saturated carbocycles. The Labute approximate surface area is 120 Å². The number of nitrogens with one attached hydrogen (secondary N) is 1. The van der Waals surface area contributed by atoms with Crippen LogP contribution in [-0.2, 0) is 0 Å². The van der Waals surface area contributed by atoms with Crippen LogP contribution in [-0.4, -0.2) is 55.8 Å². The molecule has 3 aliphatic rings. The van der Waals surface area contributed by atoms with Gasteiger partial charge in [0.25, 0.3) is 0 Å². The summed E-state index contributed by atoms with van der Waals surface area (Å²) in [5.74, 6) is 3.27. The Balaban J connectivity index is 1.30. The summed E-state index contributed by atoms with van der Waals surface area (Å²) in [4.78, 5) is 5.01. The molecule has 0 aromatic heterocycles. The second-order valence-corrected chi connectivity index (χ2v) is 6.46. The molecule has 0 spiro atoms. The Morgan fingerprint density at radius 2 is 1.85 bits per heavy atom. The first-order valence-electron chi connectivity index (χ1n) is 7.78. The Morgan fingerprint density at radius 3 is 2.55 bits per heavy atom. The molecule has 1 aromatic carbocycles. The number of rotatable bonds is 3. The van der Waals surface area contributed by atoms with Crippen LogP contribution in [0.3, 0.4) is 0 Å². The molecule has 2 unspecified atom stereocenters. The molecule has 3 fully saturated rings. The molecule has 0 amide bonds. The average Bonchev–Trinajstić information content (AvgIpc) is 2.90. The summed E-state index contributed by atoms with van der Waals surface area (Å²) in [6.45, 7) is 8.24. The smallest absolute Gasteiger partial charge is 0.117 e. The average molecular weight is 273 g/mol. The number of anilines is 1. The van der Waals surface area contributed by atoms with Crippen molar-refractivity contribution in [2.75, 3.05) is 50.7 Å². The lowest BCUT2D eigenvalue weighted by Crippen LogP contribution is -2.47. The first-order chi connectivity index (χ1) is 9.81. The van der Waals surface area contributed by atoms with Crippen LogP contribution in [0, 0.1) is 17.8 Å². The molecule has 20 heavy (non-hydrogen) atoms. The van der Waals surface area contributed by atoms with Crippen LogP contribution in [0.15, 0.2) is 24.3 Å². The molecule has 2 heterocycles. The number of hydrogen-bond donors (Lipinski definition) is 2. The maximum absolute atomic E-state index is 9.57. The number of piperazine rings is 1. The minimum absolute atomic E-state index is 0.364. The van der Waals surface area contributed by atoms with E-state index in [-0.39, 0.29) is 0 Å². The summed E-state index contributed by atoms with van der Waals surface area (Å²) >= 11 is 0. The van der Waals surface area contributed by atoms with E-state index in [1.54, 1.807) is 6.07 Å². The molecule has 2 saturated heterocycles. The predicted molar refractivity (Wildman–Crippen MR) is 80.1 cm³/mol. The van der Waals surface area contributed by atoms with Crippen molar-refractivity contribution < 1.29 is 5.11 Å². The zero-order valence-corrected chi connectivity index (χ0v) is 11.8. The monoisotopic (exact) mass is 273 g/mol. The van der Waals surface area contributed by atoms with E-state index >= 15 is 0 Å². The standard InChI is InChI=1S/C16H23N3O/c20-13-3-1-2-12(8-13)19-6-4-18(5-7-19)11-16-14-9-17-10-15(14)16/h1-3,8,14-17,20H,4-7,9-11H2. The van der Waals surface area contributed by atoms with Gasteiger partial charge in [-0.25, -0.2) is 0 Å². The van der Waals surface area contributed by atoms with Gasteiger partial charge in [-0.3, -0.25) is 4.90 Å². The molecule has 4 rings (SSSR count). The van der Waals surface area contributed by atoms with Gasteiger partial charge in [0.2, 0.25) is 0 Å². The second-order valence-electron chi connectivity index (χ2n) is 6.46. The van der Waals surface area contributed by atoms with Crippen LogP contribution in [0.4, 0.5) is 5.69 Å². The number of piperidine rings is 1. The van der Waals surface area contributed by atoms with Crippen molar-refractivity contribution in [3.63, 3.8) is 0 Å². The quantitative estimate of drug-likeness (QED) is 0.861. The van der Waals surface area contributed by atoms with Gasteiger partial charge in [-0.2, -0.15) is 0 Å². The number of hydrogen-bond acceptors (Lipinski definition) is 4. The van der Waals surface area contributed by atoms with Gasteiger partial charge in [0.1, 0.15) is 5.75 Å². The minimum atomic E-state index is 0.364. The lowest BCUT2D eigenvalue weighted by atomic mass is 10.2. The molecule has 4 nitrogen and oxygen atoms in total. The summed E-state index contributed by atoms with van der Waals surface area (Å²) in [6, 6.07) is 7.62. The first-order valence-corrected chi connectivity index (χ1v) is 7.78. The van der Waals surface area contributed by atoms with Crippen molar-refractivity contribution in [3.8, 4) is 5.75 Å². The SMILES string of the molecule is Oc1cccc(N2CCN(CC3C4CNCC43)CC2)c1. The number of benzene rings is 1. The van der Waals surface area contributed by atoms with Crippen molar-refractivity contribution in [1.82, 2.24) is 10.2 Å². The van der Waals surface area contributed by atoms with Gasteiger partial charge < -0.3 is 15.3 Å². The molecule has 0 radical (unpaired) electrons. The normalized spacial score (nSPS) is 33.2. The summed E-state index contributed by atoms with van der Waals surface area (Å²) in [7, 11) is 0. The highest BCUT2D eigenvalue weighted by Crippen LogP contribution is 2.48. The summed E-state index contributed by atoms with van der Waals surface area (Å²) in [5.41, 5.74) is 1.15. The number of phenolic OH excluding ortho intramolecular Hbond substituents is 1. The maximum Gasteiger partial charge on any atom is 0.117 e. The minimum Gasteiger partial charge on any atom is -0.508 e. The Morgan fingerprint density at radius 1 is 1.10 bits per heavy atom. The largest absolute Gasteiger partial charge is 0.508 e. The van der Waals surface area contributed by atoms with Crippen LogP contribution >= 0.6 is 0 Å². The van der Waals surface area contributed by atoms with Crippen molar-refractivity contribution in [3.05, 3.63) is 24.3 Å². The maximum atomic E-state index is 9.57. The highest BCUT2D eigenvalue weighted by atomic mass is 16.3. The molecule has 2 atom stereocenters. The zero-order chi connectivity index (χ0) is 13.5. The van der Waals surface area contributed by atoms with E-state index in [9.17, 15) is 5.11 Å². The van der Waals surface area contributed by atoms with Gasteiger partial charge in [0.15, 0.2) is 0 Å². The van der Waals surface area contributed by atoms with Crippen LogP contribution in [0.1, 0.15) is 0 Å². The van der Waals surface area contributed by atoms with E-state index in [1.807, 2.05) is 12.1 Å². The third-order valence-corrected chi connectivity index (χ3v) is 5.31. The van der Waals surface area contributed by atoms with Gasteiger partial charge in [-0.1, -0.05) is 6.07 Å². The third-order valence-electron chi connectivity index (χ3n) is 5.31. The first kappa shape index (κ1) is 12.5.